The van der Waals surface area contributed by atoms with Crippen LogP contribution in [0.1, 0.15) is 48.4 Å². The largest absolute Gasteiger partial charge is 0.350 e. The molecular weight excluding hydrogens is 744 g/mol. The van der Waals surface area contributed by atoms with Crippen molar-refractivity contribution in [1.29, 1.82) is 0 Å². The molecule has 0 bridgehead atoms. The summed E-state index contributed by atoms with van der Waals surface area (Å²) in [6.45, 7) is 7.36. The molecule has 4 aromatic carbocycles. The SMILES string of the molecule is CCn1nc(-c2ccccc2)c(C(C)=O)c(Nc2cccc(Br)c2)c1=O.CCn1nc(-c2ccccc2)c(C(C)=O)c(Nc2cccc(Cl)c2)c1=O. The monoisotopic (exact) mass is 778 g/mol. The lowest BCUT2D eigenvalue weighted by Gasteiger charge is -2.16. The van der Waals surface area contributed by atoms with Crippen LogP contribution >= 0.6 is 27.5 Å². The zero-order valence-corrected chi connectivity index (χ0v) is 31.3. The summed E-state index contributed by atoms with van der Waals surface area (Å²) in [6, 6.07) is 33.2. The van der Waals surface area contributed by atoms with Crippen LogP contribution in [0.3, 0.4) is 0 Å². The molecule has 0 fully saturated rings. The molecule has 52 heavy (non-hydrogen) atoms. The maximum absolute atomic E-state index is 12.9. The second-order valence-electron chi connectivity index (χ2n) is 11.6. The Morgan fingerprint density at radius 1 is 0.635 bits per heavy atom. The summed E-state index contributed by atoms with van der Waals surface area (Å²) in [4.78, 5) is 50.6. The van der Waals surface area contributed by atoms with Crippen LogP contribution in [0.2, 0.25) is 5.02 Å². The van der Waals surface area contributed by atoms with Gasteiger partial charge in [-0.15, -0.1) is 0 Å². The highest BCUT2D eigenvalue weighted by atomic mass is 79.9. The van der Waals surface area contributed by atoms with Crippen LogP contribution in [0.25, 0.3) is 22.5 Å². The fourth-order valence-corrected chi connectivity index (χ4v) is 6.09. The van der Waals surface area contributed by atoms with Crippen LogP contribution < -0.4 is 21.8 Å². The molecule has 0 unspecified atom stereocenters. The normalized spacial score (nSPS) is 10.6. The third kappa shape index (κ3) is 8.62. The van der Waals surface area contributed by atoms with E-state index in [9.17, 15) is 19.2 Å². The Hall–Kier alpha value is -5.65. The molecule has 6 rings (SSSR count). The molecule has 0 radical (unpaired) electrons. The van der Waals surface area contributed by atoms with Gasteiger partial charge in [-0.2, -0.15) is 10.2 Å². The lowest BCUT2D eigenvalue weighted by Crippen LogP contribution is -2.28. The van der Waals surface area contributed by atoms with Crippen LogP contribution in [-0.4, -0.2) is 31.1 Å². The Labute approximate surface area is 314 Å². The molecule has 6 aromatic rings. The van der Waals surface area contributed by atoms with Crippen molar-refractivity contribution in [2.24, 2.45) is 0 Å². The Morgan fingerprint density at radius 2 is 1.06 bits per heavy atom. The molecule has 2 heterocycles. The van der Waals surface area contributed by atoms with Gasteiger partial charge in [-0.05, 0) is 64.1 Å². The second-order valence-corrected chi connectivity index (χ2v) is 12.9. The molecule has 0 amide bonds. The first-order valence-corrected chi connectivity index (χ1v) is 17.7. The second kappa shape index (κ2) is 17.0. The van der Waals surface area contributed by atoms with E-state index in [-0.39, 0.29) is 39.6 Å². The number of aromatic nitrogens is 4. The van der Waals surface area contributed by atoms with Gasteiger partial charge in [0.2, 0.25) is 0 Å². The van der Waals surface area contributed by atoms with Gasteiger partial charge in [-0.1, -0.05) is 100 Å². The van der Waals surface area contributed by atoms with E-state index in [0.29, 0.717) is 46.4 Å². The fraction of sp³-hybridized carbons (Fsp3) is 0.150. The Bertz CT molecular complexity index is 2200. The summed E-state index contributed by atoms with van der Waals surface area (Å²) in [5, 5.41) is 15.6. The Kier molecular flexibility index (Phi) is 12.3. The smallest absolute Gasteiger partial charge is 0.291 e. The third-order valence-corrected chi connectivity index (χ3v) is 8.63. The van der Waals surface area contributed by atoms with E-state index >= 15 is 0 Å². The van der Waals surface area contributed by atoms with Gasteiger partial charge in [-0.25, -0.2) is 9.36 Å². The first kappa shape index (κ1) is 37.6. The minimum absolute atomic E-state index is 0.204. The Balaban J connectivity index is 0.000000201. The summed E-state index contributed by atoms with van der Waals surface area (Å²) in [5.74, 6) is -0.449. The minimum atomic E-state index is -0.350. The number of nitrogens with zero attached hydrogens (tertiary/aromatic N) is 4. The van der Waals surface area contributed by atoms with E-state index in [1.54, 1.807) is 24.3 Å². The van der Waals surface area contributed by atoms with Gasteiger partial charge in [0, 0.05) is 45.1 Å². The maximum Gasteiger partial charge on any atom is 0.291 e. The van der Waals surface area contributed by atoms with Crippen LogP contribution in [0.15, 0.2) is 123 Å². The van der Waals surface area contributed by atoms with Crippen molar-refractivity contribution in [3.63, 3.8) is 0 Å². The number of benzene rings is 4. The third-order valence-electron chi connectivity index (χ3n) is 7.90. The van der Waals surface area contributed by atoms with Gasteiger partial charge >= 0.3 is 0 Å². The van der Waals surface area contributed by atoms with E-state index in [2.05, 4.69) is 36.8 Å². The van der Waals surface area contributed by atoms with Gasteiger partial charge in [0.25, 0.3) is 11.1 Å². The van der Waals surface area contributed by atoms with E-state index in [1.807, 2.05) is 98.8 Å². The zero-order chi connectivity index (χ0) is 37.4. The number of carbonyl (C=O) groups excluding carboxylic acids is 2. The number of aryl methyl sites for hydroxylation is 2. The van der Waals surface area contributed by atoms with Crippen molar-refractivity contribution < 1.29 is 9.59 Å². The Morgan fingerprint density at radius 3 is 1.44 bits per heavy atom. The maximum atomic E-state index is 12.9. The lowest BCUT2D eigenvalue weighted by atomic mass is 10.0. The number of rotatable bonds is 10. The highest BCUT2D eigenvalue weighted by Crippen LogP contribution is 2.30. The summed E-state index contributed by atoms with van der Waals surface area (Å²) < 4.78 is 3.59. The summed E-state index contributed by atoms with van der Waals surface area (Å²) in [7, 11) is 0. The van der Waals surface area contributed by atoms with Crippen LogP contribution in [0, 0.1) is 0 Å². The number of ketones is 2. The first-order chi connectivity index (χ1) is 25.0. The molecular formula is C40H36BrClN6O4. The summed E-state index contributed by atoms with van der Waals surface area (Å²) >= 11 is 9.45. The highest BCUT2D eigenvalue weighted by Gasteiger charge is 2.23. The number of hydrogen-bond donors (Lipinski definition) is 2. The zero-order valence-electron chi connectivity index (χ0n) is 29.0. The van der Waals surface area contributed by atoms with Crippen molar-refractivity contribution in [2.75, 3.05) is 10.6 Å². The van der Waals surface area contributed by atoms with Crippen LogP contribution in [0.5, 0.6) is 0 Å². The molecule has 0 spiro atoms. The van der Waals surface area contributed by atoms with Crippen LogP contribution in [-0.2, 0) is 13.1 Å². The van der Waals surface area contributed by atoms with E-state index in [1.165, 1.54) is 23.2 Å². The number of hydrogen-bond acceptors (Lipinski definition) is 8. The molecule has 0 atom stereocenters. The topological polar surface area (TPSA) is 128 Å². The average molecular weight is 780 g/mol. The van der Waals surface area contributed by atoms with E-state index in [4.69, 9.17) is 11.6 Å². The quantitative estimate of drug-likeness (QED) is 0.132. The van der Waals surface area contributed by atoms with Gasteiger partial charge in [0.1, 0.15) is 22.8 Å². The van der Waals surface area contributed by atoms with Crippen molar-refractivity contribution in [1.82, 2.24) is 19.6 Å². The molecule has 2 N–H and O–H groups in total. The molecule has 264 valence electrons. The average Bonchev–Trinajstić information content (AvgIpc) is 3.14. The summed E-state index contributed by atoms with van der Waals surface area (Å²) in [6.07, 6.45) is 0. The first-order valence-electron chi connectivity index (χ1n) is 16.5. The number of carbonyl (C=O) groups is 2. The number of Topliss-reactive ketones (excluding diaryl/α,β-unsaturated/α-hetero) is 2. The predicted octanol–water partition coefficient (Wildman–Crippen LogP) is 9.17. The van der Waals surface area contributed by atoms with Crippen LogP contribution in [0.4, 0.5) is 22.7 Å². The van der Waals surface area contributed by atoms with Gasteiger partial charge in [-0.3, -0.25) is 19.2 Å². The van der Waals surface area contributed by atoms with E-state index in [0.717, 1.165) is 15.6 Å². The molecule has 0 aliphatic carbocycles. The molecule has 10 nitrogen and oxygen atoms in total. The molecule has 0 saturated heterocycles. The van der Waals surface area contributed by atoms with Gasteiger partial charge < -0.3 is 10.6 Å². The van der Waals surface area contributed by atoms with Crippen molar-refractivity contribution in [2.45, 2.75) is 40.8 Å². The fourth-order valence-electron chi connectivity index (χ4n) is 5.50. The lowest BCUT2D eigenvalue weighted by molar-refractivity contribution is 0.101. The number of nitrogens with one attached hydrogen (secondary N) is 2. The van der Waals surface area contributed by atoms with Gasteiger partial charge in [0.05, 0.1) is 11.1 Å². The molecule has 2 aromatic heterocycles. The van der Waals surface area contributed by atoms with Gasteiger partial charge in [0.15, 0.2) is 11.6 Å². The van der Waals surface area contributed by atoms with Crippen molar-refractivity contribution in [3.8, 4) is 22.5 Å². The standard InChI is InChI=1S/C20H18BrN3O2.C20H18ClN3O2/c2*1-3-24-20(26)19(22-16-11-7-10-15(21)12-16)17(13(2)25)18(23-24)14-8-5-4-6-9-14/h2*4-12,22H,3H2,1-2H3. The van der Waals surface area contributed by atoms with Crippen molar-refractivity contribution >= 4 is 61.8 Å². The minimum Gasteiger partial charge on any atom is -0.350 e. The number of anilines is 4. The summed E-state index contributed by atoms with van der Waals surface area (Å²) in [5.41, 5.74) is 4.22. The predicted molar refractivity (Wildman–Crippen MR) is 211 cm³/mol. The molecule has 0 aliphatic heterocycles. The molecule has 0 aliphatic rings. The van der Waals surface area contributed by atoms with E-state index < -0.39 is 0 Å². The number of halogens is 2. The molecule has 0 saturated carbocycles. The molecule has 12 heteroatoms. The van der Waals surface area contributed by atoms with Crippen molar-refractivity contribution in [3.05, 3.63) is 151 Å². The highest BCUT2D eigenvalue weighted by molar-refractivity contribution is 9.10.